The maximum absolute atomic E-state index is 10.9. The summed E-state index contributed by atoms with van der Waals surface area (Å²) in [5.41, 5.74) is 16.1. The van der Waals surface area contributed by atoms with Gasteiger partial charge in [-0.3, -0.25) is 4.79 Å². The quantitative estimate of drug-likeness (QED) is 0.270. The zero-order valence-corrected chi connectivity index (χ0v) is 8.57. The van der Waals surface area contributed by atoms with Crippen molar-refractivity contribution in [2.45, 2.75) is 0 Å². The highest BCUT2D eigenvalue weighted by atomic mass is 16.9. The van der Waals surface area contributed by atoms with E-state index in [1.807, 2.05) is 0 Å². The molecule has 1 aromatic rings. The van der Waals surface area contributed by atoms with E-state index < -0.39 is 11.0 Å². The van der Waals surface area contributed by atoms with Crippen molar-refractivity contribution >= 4 is 17.6 Å². The Bertz CT molecular complexity index is 437. The number of nitrogens with zero attached hydrogens (tertiary/aromatic N) is 2. The first kappa shape index (κ1) is 14.2. The van der Waals surface area contributed by atoms with Gasteiger partial charge in [-0.05, 0) is 12.1 Å². The lowest BCUT2D eigenvalue weighted by Crippen LogP contribution is -2.22. The predicted octanol–water partition coefficient (Wildman–Crippen LogP) is -0.549. The van der Waals surface area contributed by atoms with E-state index >= 15 is 0 Å². The molecule has 6 N–H and O–H groups in total. The number of benzene rings is 1. The van der Waals surface area contributed by atoms with Crippen LogP contribution in [-0.4, -0.2) is 17.0 Å². The summed E-state index contributed by atoms with van der Waals surface area (Å²) in [5, 5.41) is 14.8. The second-order valence-corrected chi connectivity index (χ2v) is 2.64. The molecule has 1 aromatic carbocycles. The van der Waals surface area contributed by atoms with Crippen molar-refractivity contribution in [2.24, 2.45) is 22.2 Å². The van der Waals surface area contributed by atoms with Gasteiger partial charge in [0.15, 0.2) is 5.96 Å². The lowest BCUT2D eigenvalue weighted by Gasteiger charge is -2.00. The molecule has 0 atom stereocenters. The van der Waals surface area contributed by atoms with Crippen LogP contribution in [0.3, 0.4) is 0 Å². The third kappa shape index (κ3) is 6.28. The summed E-state index contributed by atoms with van der Waals surface area (Å²) in [7, 11) is 0. The van der Waals surface area contributed by atoms with Gasteiger partial charge in [0.05, 0.1) is 16.3 Å². The van der Waals surface area contributed by atoms with Crippen LogP contribution in [0.15, 0.2) is 29.3 Å². The van der Waals surface area contributed by atoms with Gasteiger partial charge in [0.25, 0.3) is 5.91 Å². The highest BCUT2D eigenvalue weighted by Crippen LogP contribution is 2.17. The summed E-state index contributed by atoms with van der Waals surface area (Å²) in [6, 6.07) is 6.57. The number of hydrogen-bond acceptors (Lipinski definition) is 5. The van der Waals surface area contributed by atoms with E-state index in [2.05, 4.69) is 4.99 Å². The van der Waals surface area contributed by atoms with Crippen LogP contribution < -0.4 is 17.2 Å². The number of rotatable bonds is 2. The van der Waals surface area contributed by atoms with E-state index in [-0.39, 0.29) is 5.96 Å². The van der Waals surface area contributed by atoms with Gasteiger partial charge in [-0.2, -0.15) is 0 Å². The Labute approximate surface area is 95.6 Å². The fraction of sp³-hybridized carbons (Fsp3) is 0. The summed E-state index contributed by atoms with van der Waals surface area (Å²) in [6.07, 6.45) is 0. The van der Waals surface area contributed by atoms with Crippen molar-refractivity contribution in [3.8, 4) is 0 Å². The summed E-state index contributed by atoms with van der Waals surface area (Å²) >= 11 is 0. The van der Waals surface area contributed by atoms with Crippen molar-refractivity contribution in [2.75, 3.05) is 0 Å². The van der Waals surface area contributed by atoms with Gasteiger partial charge in [0.2, 0.25) is 0 Å². The smallest absolute Gasteiger partial charge is 0.250 e. The SMILES string of the molecule is NC(=O)c1ccccc1N=C(N)N.O=[N+]([O-])[O-]. The number of primary amides is 1. The minimum atomic E-state index is -1.75. The van der Waals surface area contributed by atoms with E-state index in [0.29, 0.717) is 11.3 Å². The first-order valence-electron chi connectivity index (χ1n) is 4.14. The molecule has 1 rings (SSSR count). The predicted molar refractivity (Wildman–Crippen MR) is 60.8 cm³/mol. The lowest BCUT2D eigenvalue weighted by molar-refractivity contribution is -0.402. The minimum absolute atomic E-state index is 0.103. The topological polar surface area (TPSA) is 174 Å². The van der Waals surface area contributed by atoms with Gasteiger partial charge >= 0.3 is 0 Å². The van der Waals surface area contributed by atoms with Crippen molar-refractivity contribution in [1.82, 2.24) is 0 Å². The molecule has 0 saturated heterocycles. The molecule has 0 unspecified atom stereocenters. The number of carbonyl (C=O) groups excluding carboxylic acids is 1. The van der Waals surface area contributed by atoms with E-state index in [1.54, 1.807) is 24.3 Å². The number of carbonyl (C=O) groups is 1. The molecule has 0 aliphatic heterocycles. The highest BCUT2D eigenvalue weighted by Gasteiger charge is 2.05. The van der Waals surface area contributed by atoms with Gasteiger partial charge in [0, 0.05) is 0 Å². The van der Waals surface area contributed by atoms with Crippen molar-refractivity contribution in [3.63, 3.8) is 0 Å². The summed E-state index contributed by atoms with van der Waals surface area (Å²) in [4.78, 5) is 22.9. The average Bonchev–Trinajstić information content (AvgIpc) is 2.16. The first-order valence-corrected chi connectivity index (χ1v) is 4.14. The van der Waals surface area contributed by atoms with Crippen molar-refractivity contribution in [3.05, 3.63) is 45.2 Å². The summed E-state index contributed by atoms with van der Waals surface area (Å²) in [6.45, 7) is 0. The molecule has 0 spiro atoms. The zero-order chi connectivity index (χ0) is 13.4. The minimum Gasteiger partial charge on any atom is -0.370 e. The van der Waals surface area contributed by atoms with Crippen LogP contribution in [0.1, 0.15) is 10.4 Å². The molecular formula is C8H10N5O4-. The van der Waals surface area contributed by atoms with Crippen LogP contribution in [0.4, 0.5) is 5.69 Å². The van der Waals surface area contributed by atoms with Gasteiger partial charge in [0.1, 0.15) is 0 Å². The molecule has 0 heterocycles. The largest absolute Gasteiger partial charge is 0.370 e. The molecule has 0 radical (unpaired) electrons. The third-order valence-corrected chi connectivity index (χ3v) is 1.42. The van der Waals surface area contributed by atoms with Crippen LogP contribution in [0.2, 0.25) is 0 Å². The maximum Gasteiger partial charge on any atom is 0.250 e. The lowest BCUT2D eigenvalue weighted by atomic mass is 10.2. The Kier molecular flexibility index (Phi) is 5.50. The average molecular weight is 240 g/mol. The Hall–Kier alpha value is -2.84. The Morgan fingerprint density at radius 3 is 2.06 bits per heavy atom. The molecule has 17 heavy (non-hydrogen) atoms. The fourth-order valence-electron chi connectivity index (χ4n) is 0.919. The van der Waals surface area contributed by atoms with Gasteiger partial charge in [-0.25, -0.2) is 4.99 Å². The summed E-state index contributed by atoms with van der Waals surface area (Å²) < 4.78 is 0. The van der Waals surface area contributed by atoms with Crippen LogP contribution in [0.5, 0.6) is 0 Å². The molecule has 0 aliphatic carbocycles. The number of para-hydroxylation sites is 1. The number of aliphatic imine (C=N–C) groups is 1. The molecule has 0 fully saturated rings. The molecule has 0 saturated carbocycles. The number of hydrogen-bond donors (Lipinski definition) is 3. The second kappa shape index (κ2) is 6.61. The van der Waals surface area contributed by atoms with E-state index in [4.69, 9.17) is 32.5 Å². The fourth-order valence-corrected chi connectivity index (χ4v) is 0.919. The normalized spacial score (nSPS) is 8.47. The molecule has 9 nitrogen and oxygen atoms in total. The molecule has 92 valence electrons. The molecule has 0 aliphatic rings. The molecule has 9 heteroatoms. The Morgan fingerprint density at radius 1 is 1.18 bits per heavy atom. The monoisotopic (exact) mass is 240 g/mol. The van der Waals surface area contributed by atoms with Gasteiger partial charge in [-0.1, -0.05) is 12.1 Å². The molecule has 0 aromatic heterocycles. The Morgan fingerprint density at radius 2 is 1.65 bits per heavy atom. The standard InChI is InChI=1S/C8H10N4O.NO3/c9-7(13)5-3-1-2-4-6(5)12-8(10)11;2-1(3)4/h1-4H,(H2,9,13)(H4,10,11,12);/q;-1. The van der Waals surface area contributed by atoms with E-state index in [0.717, 1.165) is 0 Å². The first-order chi connectivity index (χ1) is 7.84. The van der Waals surface area contributed by atoms with Crippen LogP contribution in [0.25, 0.3) is 0 Å². The zero-order valence-electron chi connectivity index (χ0n) is 8.57. The van der Waals surface area contributed by atoms with Crippen molar-refractivity contribution in [1.29, 1.82) is 0 Å². The van der Waals surface area contributed by atoms with Crippen LogP contribution in [0, 0.1) is 15.3 Å². The molecule has 1 amide bonds. The Balaban J connectivity index is 0.000000557. The number of amides is 1. The molecule has 0 bridgehead atoms. The highest BCUT2D eigenvalue weighted by molar-refractivity contribution is 5.98. The van der Waals surface area contributed by atoms with Crippen molar-refractivity contribution < 1.29 is 9.88 Å². The number of nitrogens with two attached hydrogens (primary N) is 3. The van der Waals surface area contributed by atoms with Crippen LogP contribution in [-0.2, 0) is 0 Å². The van der Waals surface area contributed by atoms with Gasteiger partial charge < -0.3 is 32.5 Å². The maximum atomic E-state index is 10.9. The summed E-state index contributed by atoms with van der Waals surface area (Å²) in [5.74, 6) is -0.658. The molecular weight excluding hydrogens is 230 g/mol. The van der Waals surface area contributed by atoms with E-state index in [1.165, 1.54) is 0 Å². The van der Waals surface area contributed by atoms with Gasteiger partial charge in [-0.15, -0.1) is 0 Å². The van der Waals surface area contributed by atoms with E-state index in [9.17, 15) is 4.79 Å². The third-order valence-electron chi connectivity index (χ3n) is 1.42. The van der Waals surface area contributed by atoms with Crippen LogP contribution >= 0.6 is 0 Å². The number of guanidine groups is 1. The second-order valence-electron chi connectivity index (χ2n) is 2.64.